The van der Waals surface area contributed by atoms with E-state index in [1.54, 1.807) is 0 Å². The van der Waals surface area contributed by atoms with Gasteiger partial charge in [0.25, 0.3) is 0 Å². The molecule has 84 valence electrons. The van der Waals surface area contributed by atoms with Crippen molar-refractivity contribution in [1.82, 2.24) is 0 Å². The van der Waals surface area contributed by atoms with Gasteiger partial charge < -0.3 is 0 Å². The highest BCUT2D eigenvalue weighted by Gasteiger charge is 2.14. The van der Waals surface area contributed by atoms with Crippen molar-refractivity contribution in [2.45, 2.75) is 47.0 Å². The van der Waals surface area contributed by atoms with Crippen molar-refractivity contribution in [1.29, 1.82) is 0 Å². The molecule has 0 N–H and O–H groups in total. The van der Waals surface area contributed by atoms with Crippen molar-refractivity contribution in [3.63, 3.8) is 0 Å². The molecule has 0 unspecified atom stereocenters. The maximum Gasteiger partial charge on any atom is -0.0328 e. The maximum atomic E-state index is 2.41. The Morgan fingerprint density at radius 3 is 1.93 bits per heavy atom. The maximum absolute atomic E-state index is 2.41. The Balaban J connectivity index is 2.71. The van der Waals surface area contributed by atoms with Gasteiger partial charge in [0.15, 0.2) is 0 Å². The van der Waals surface area contributed by atoms with E-state index in [9.17, 15) is 0 Å². The molecule has 0 fully saturated rings. The minimum absolute atomic E-state index is 0.355. The van der Waals surface area contributed by atoms with Gasteiger partial charge >= 0.3 is 0 Å². The van der Waals surface area contributed by atoms with Gasteiger partial charge in [0.05, 0.1) is 0 Å². The third kappa shape index (κ3) is 3.30. The Bertz CT molecular complexity index is 277. The highest BCUT2D eigenvalue weighted by molar-refractivity contribution is 5.29. The molecule has 0 bridgehead atoms. The molecule has 0 atom stereocenters. The summed E-state index contributed by atoms with van der Waals surface area (Å²) in [5.41, 5.74) is 3.13. The van der Waals surface area contributed by atoms with Crippen molar-refractivity contribution in [3.05, 3.63) is 41.8 Å². The summed E-state index contributed by atoms with van der Waals surface area (Å²) < 4.78 is 0. The van der Waals surface area contributed by atoms with Gasteiger partial charge in [0.2, 0.25) is 0 Å². The summed E-state index contributed by atoms with van der Waals surface area (Å²) in [6.07, 6.45) is 5.95. The standard InChI is InChI=1S/C15H23/c1-5-13-8-10-14(11-9-13)12-15(4,6-2)7-3/h8-12H,5-7H2,1-4H3/q-1. The van der Waals surface area contributed by atoms with Crippen LogP contribution in [0.4, 0.5) is 0 Å². The Morgan fingerprint density at radius 1 is 1.00 bits per heavy atom. The van der Waals surface area contributed by atoms with Crippen molar-refractivity contribution in [3.8, 4) is 0 Å². The van der Waals surface area contributed by atoms with Gasteiger partial charge in [-0.3, -0.25) is 0 Å². The molecule has 0 spiro atoms. The van der Waals surface area contributed by atoms with Gasteiger partial charge in [-0.2, -0.15) is 24.1 Å². The second kappa shape index (κ2) is 5.25. The molecule has 0 heteroatoms. The molecule has 15 heavy (non-hydrogen) atoms. The molecule has 1 aromatic rings. The number of aryl methyl sites for hydroxylation is 1. The molecular weight excluding hydrogens is 180 g/mol. The summed E-state index contributed by atoms with van der Waals surface area (Å²) in [4.78, 5) is 0. The van der Waals surface area contributed by atoms with Gasteiger partial charge in [-0.05, 0) is 6.42 Å². The Labute approximate surface area is 94.7 Å². The highest BCUT2D eigenvalue weighted by atomic mass is 14.2. The van der Waals surface area contributed by atoms with E-state index in [0.717, 1.165) is 6.42 Å². The summed E-state index contributed by atoms with van der Waals surface area (Å²) >= 11 is 0. The molecule has 0 aliphatic rings. The van der Waals surface area contributed by atoms with Gasteiger partial charge in [-0.1, -0.05) is 51.5 Å². The van der Waals surface area contributed by atoms with E-state index in [1.165, 1.54) is 24.0 Å². The summed E-state index contributed by atoms with van der Waals surface area (Å²) in [6, 6.07) is 8.94. The lowest BCUT2D eigenvalue weighted by Crippen LogP contribution is -2.14. The molecule has 0 aliphatic heterocycles. The quantitative estimate of drug-likeness (QED) is 0.612. The van der Waals surface area contributed by atoms with Crippen LogP contribution in [-0.2, 0) is 6.42 Å². The molecule has 1 aromatic carbocycles. The van der Waals surface area contributed by atoms with Crippen molar-refractivity contribution in [2.24, 2.45) is 5.41 Å². The van der Waals surface area contributed by atoms with Crippen LogP contribution in [0, 0.1) is 11.8 Å². The lowest BCUT2D eigenvalue weighted by atomic mass is 9.79. The first-order valence-electron chi connectivity index (χ1n) is 6.08. The van der Waals surface area contributed by atoms with E-state index in [2.05, 4.69) is 58.4 Å². The third-order valence-electron chi connectivity index (χ3n) is 3.52. The lowest BCUT2D eigenvalue weighted by molar-refractivity contribution is 0.368. The largest absolute Gasteiger partial charge is 0.191 e. The van der Waals surface area contributed by atoms with Crippen LogP contribution in [0.5, 0.6) is 0 Å². The van der Waals surface area contributed by atoms with Gasteiger partial charge in [0, 0.05) is 0 Å². The molecule has 0 amide bonds. The average Bonchev–Trinajstić information content (AvgIpc) is 2.30. The monoisotopic (exact) mass is 203 g/mol. The minimum Gasteiger partial charge on any atom is -0.191 e. The topological polar surface area (TPSA) is 0 Å². The first-order valence-corrected chi connectivity index (χ1v) is 6.08. The normalized spacial score (nSPS) is 11.5. The summed E-state index contributed by atoms with van der Waals surface area (Å²) in [5.74, 6) is 0. The van der Waals surface area contributed by atoms with Gasteiger partial charge in [-0.15, -0.1) is 12.1 Å². The number of benzene rings is 1. The first kappa shape index (κ1) is 12.2. The zero-order chi connectivity index (χ0) is 11.3. The third-order valence-corrected chi connectivity index (χ3v) is 3.52. The van der Waals surface area contributed by atoms with Crippen LogP contribution in [0.15, 0.2) is 24.3 Å². The van der Waals surface area contributed by atoms with Crippen LogP contribution in [0.3, 0.4) is 0 Å². The number of rotatable bonds is 5. The molecule has 0 nitrogen and oxygen atoms in total. The molecule has 0 aliphatic carbocycles. The molecule has 0 aromatic heterocycles. The van der Waals surface area contributed by atoms with Crippen LogP contribution in [0.25, 0.3) is 0 Å². The van der Waals surface area contributed by atoms with E-state index in [0.29, 0.717) is 5.41 Å². The van der Waals surface area contributed by atoms with Crippen LogP contribution < -0.4 is 0 Å². The predicted octanol–water partition coefficient (Wildman–Crippen LogP) is 4.63. The second-order valence-electron chi connectivity index (χ2n) is 4.60. The molecule has 0 saturated heterocycles. The fourth-order valence-electron chi connectivity index (χ4n) is 1.71. The zero-order valence-electron chi connectivity index (χ0n) is 10.5. The van der Waals surface area contributed by atoms with Gasteiger partial charge in [0.1, 0.15) is 0 Å². The Kier molecular flexibility index (Phi) is 4.26. The van der Waals surface area contributed by atoms with E-state index < -0.39 is 0 Å². The van der Waals surface area contributed by atoms with Crippen LogP contribution in [0.1, 0.15) is 51.7 Å². The molecule has 0 heterocycles. The van der Waals surface area contributed by atoms with Crippen molar-refractivity contribution in [2.75, 3.05) is 0 Å². The van der Waals surface area contributed by atoms with Crippen LogP contribution in [0.2, 0.25) is 0 Å². The van der Waals surface area contributed by atoms with Crippen LogP contribution in [-0.4, -0.2) is 0 Å². The summed E-state index contributed by atoms with van der Waals surface area (Å²) in [7, 11) is 0. The Morgan fingerprint density at radius 2 is 1.53 bits per heavy atom. The van der Waals surface area contributed by atoms with E-state index in [1.807, 2.05) is 0 Å². The van der Waals surface area contributed by atoms with Crippen molar-refractivity contribution < 1.29 is 0 Å². The van der Waals surface area contributed by atoms with E-state index in [-0.39, 0.29) is 0 Å². The van der Waals surface area contributed by atoms with E-state index >= 15 is 0 Å². The molecule has 0 saturated carbocycles. The molecule has 1 rings (SSSR count). The van der Waals surface area contributed by atoms with E-state index in [4.69, 9.17) is 0 Å². The Hall–Kier alpha value is -0.910. The fourth-order valence-corrected chi connectivity index (χ4v) is 1.71. The zero-order valence-corrected chi connectivity index (χ0v) is 10.5. The SMILES string of the molecule is CCc1ccc([CH-]C(C)(CC)CC)cc1. The second-order valence-corrected chi connectivity index (χ2v) is 4.60. The van der Waals surface area contributed by atoms with Gasteiger partial charge in [-0.25, -0.2) is 0 Å². The molecule has 0 radical (unpaired) electrons. The lowest BCUT2D eigenvalue weighted by Gasteiger charge is -2.32. The minimum atomic E-state index is 0.355. The predicted molar refractivity (Wildman–Crippen MR) is 67.9 cm³/mol. The first-order chi connectivity index (χ1) is 7.13. The smallest absolute Gasteiger partial charge is 0.0328 e. The number of hydrogen-bond acceptors (Lipinski definition) is 0. The fraction of sp³-hybridized carbons (Fsp3) is 0.533. The summed E-state index contributed by atoms with van der Waals surface area (Å²) in [5, 5.41) is 0. The highest BCUT2D eigenvalue weighted by Crippen LogP contribution is 2.31. The summed E-state index contributed by atoms with van der Waals surface area (Å²) in [6.45, 7) is 9.06. The number of hydrogen-bond donors (Lipinski definition) is 0. The van der Waals surface area contributed by atoms with Crippen molar-refractivity contribution >= 4 is 0 Å². The molecular formula is C15H23-. The van der Waals surface area contributed by atoms with Crippen LogP contribution >= 0.6 is 0 Å². The average molecular weight is 203 g/mol.